The third kappa shape index (κ3) is 7.17. The Morgan fingerprint density at radius 3 is 2.62 bits per heavy atom. The molecule has 0 fully saturated rings. The van der Waals surface area contributed by atoms with Crippen molar-refractivity contribution in [3.63, 3.8) is 0 Å². The molecular weight excluding hydrogens is 385 g/mol. The van der Waals surface area contributed by atoms with Crippen LogP contribution in [0.2, 0.25) is 0 Å². The van der Waals surface area contributed by atoms with Crippen LogP contribution in [0.1, 0.15) is 29.9 Å². The summed E-state index contributed by atoms with van der Waals surface area (Å²) in [6, 6.07) is 8.28. The normalized spacial score (nSPS) is 13.1. The number of halogens is 3. The zero-order chi connectivity index (χ0) is 21.4. The van der Waals surface area contributed by atoms with Gasteiger partial charge in [-0.25, -0.2) is 4.99 Å². The molecule has 0 radical (unpaired) electrons. The number of nitrogens with one attached hydrogen (secondary N) is 2. The Morgan fingerprint density at radius 2 is 2.00 bits per heavy atom. The molecule has 1 aromatic carbocycles. The number of hydrogen-bond donors (Lipinski definition) is 2. The second-order valence-electron chi connectivity index (χ2n) is 6.70. The fourth-order valence-corrected chi connectivity index (χ4v) is 2.47. The van der Waals surface area contributed by atoms with Crippen LogP contribution in [-0.2, 0) is 17.4 Å². The van der Waals surface area contributed by atoms with Gasteiger partial charge in [0, 0.05) is 27.1 Å². The number of benzene rings is 1. The van der Waals surface area contributed by atoms with E-state index < -0.39 is 17.8 Å². The van der Waals surface area contributed by atoms with Crippen LogP contribution in [0.25, 0.3) is 0 Å². The number of guanidine groups is 1. The lowest BCUT2D eigenvalue weighted by molar-refractivity contribution is -0.137. The van der Waals surface area contributed by atoms with Crippen LogP contribution >= 0.6 is 0 Å². The van der Waals surface area contributed by atoms with E-state index in [2.05, 4.69) is 15.6 Å². The number of carbonyl (C=O) groups is 1. The predicted octanol–water partition coefficient (Wildman–Crippen LogP) is 3.23. The van der Waals surface area contributed by atoms with E-state index in [9.17, 15) is 18.0 Å². The van der Waals surface area contributed by atoms with E-state index in [1.807, 2.05) is 6.07 Å². The zero-order valence-electron chi connectivity index (χ0n) is 16.6. The highest BCUT2D eigenvalue weighted by molar-refractivity contribution is 5.85. The number of alkyl halides is 3. The second-order valence-corrected chi connectivity index (χ2v) is 6.70. The first-order chi connectivity index (χ1) is 13.7. The molecule has 0 aliphatic heterocycles. The molecular formula is C20H25F3N4O2. The molecule has 0 spiro atoms. The molecule has 29 heavy (non-hydrogen) atoms. The number of rotatable bonds is 7. The number of nitrogens with zero attached hydrogens (tertiary/aromatic N) is 2. The van der Waals surface area contributed by atoms with Gasteiger partial charge in [-0.05, 0) is 36.8 Å². The van der Waals surface area contributed by atoms with E-state index in [-0.39, 0.29) is 12.5 Å². The summed E-state index contributed by atoms with van der Waals surface area (Å²) >= 11 is 0. The fraction of sp³-hybridized carbons (Fsp3) is 0.400. The number of aliphatic imine (C=N–C) groups is 1. The van der Waals surface area contributed by atoms with Gasteiger partial charge >= 0.3 is 6.18 Å². The summed E-state index contributed by atoms with van der Waals surface area (Å²) in [5, 5.41) is 6.14. The quantitative estimate of drug-likeness (QED) is 0.543. The minimum atomic E-state index is -4.41. The highest BCUT2D eigenvalue weighted by atomic mass is 19.4. The van der Waals surface area contributed by atoms with Gasteiger partial charge in [0.15, 0.2) is 5.96 Å². The highest BCUT2D eigenvalue weighted by Crippen LogP contribution is 2.30. The average molecular weight is 410 g/mol. The lowest BCUT2D eigenvalue weighted by Gasteiger charge is -2.20. The summed E-state index contributed by atoms with van der Waals surface area (Å²) in [5.41, 5.74) is -0.255. The van der Waals surface area contributed by atoms with Gasteiger partial charge < -0.3 is 20.0 Å². The first-order valence-corrected chi connectivity index (χ1v) is 9.11. The molecule has 1 amide bonds. The summed E-state index contributed by atoms with van der Waals surface area (Å²) in [6.45, 7) is 2.12. The molecule has 9 heteroatoms. The second kappa shape index (κ2) is 9.99. The van der Waals surface area contributed by atoms with Crippen molar-refractivity contribution in [3.05, 3.63) is 59.5 Å². The number of amides is 1. The van der Waals surface area contributed by atoms with Crippen LogP contribution in [0.3, 0.4) is 0 Å². The zero-order valence-corrected chi connectivity index (χ0v) is 16.6. The molecule has 2 N–H and O–H groups in total. The molecule has 0 saturated heterocycles. The Bertz CT molecular complexity index is 817. The third-order valence-electron chi connectivity index (χ3n) is 4.18. The smallest absolute Gasteiger partial charge is 0.416 e. The molecule has 1 aromatic heterocycles. The Labute approximate surface area is 167 Å². The third-order valence-corrected chi connectivity index (χ3v) is 4.18. The Balaban J connectivity index is 2.08. The maximum absolute atomic E-state index is 13.0. The van der Waals surface area contributed by atoms with Crippen molar-refractivity contribution >= 4 is 11.9 Å². The van der Waals surface area contributed by atoms with E-state index >= 15 is 0 Å². The summed E-state index contributed by atoms with van der Waals surface area (Å²) < 4.78 is 44.2. The fourth-order valence-electron chi connectivity index (χ4n) is 2.47. The van der Waals surface area contributed by atoms with Crippen molar-refractivity contribution in [2.24, 2.45) is 4.99 Å². The maximum atomic E-state index is 13.0. The average Bonchev–Trinajstić information content (AvgIpc) is 3.18. The van der Waals surface area contributed by atoms with Gasteiger partial charge in [-0.15, -0.1) is 0 Å². The number of carbonyl (C=O) groups excluding carboxylic acids is 1. The highest BCUT2D eigenvalue weighted by Gasteiger charge is 2.30. The molecule has 158 valence electrons. The van der Waals surface area contributed by atoms with Crippen molar-refractivity contribution in [1.29, 1.82) is 0 Å². The van der Waals surface area contributed by atoms with Crippen LogP contribution in [-0.4, -0.2) is 44.0 Å². The maximum Gasteiger partial charge on any atom is 0.416 e. The van der Waals surface area contributed by atoms with Gasteiger partial charge in [-0.1, -0.05) is 12.1 Å². The van der Waals surface area contributed by atoms with Gasteiger partial charge in [0.1, 0.15) is 12.3 Å². The molecule has 0 aliphatic carbocycles. The molecule has 2 rings (SSSR count). The summed E-state index contributed by atoms with van der Waals surface area (Å²) in [6.07, 6.45) is -2.24. The molecule has 0 saturated carbocycles. The minimum absolute atomic E-state index is 0.0849. The van der Waals surface area contributed by atoms with Gasteiger partial charge in [0.2, 0.25) is 5.91 Å². The van der Waals surface area contributed by atoms with Crippen molar-refractivity contribution in [3.8, 4) is 0 Å². The topological polar surface area (TPSA) is 69.9 Å². The van der Waals surface area contributed by atoms with Crippen molar-refractivity contribution in [1.82, 2.24) is 15.5 Å². The Kier molecular flexibility index (Phi) is 7.69. The number of hydrogen-bond acceptors (Lipinski definition) is 3. The first kappa shape index (κ1) is 22.3. The van der Waals surface area contributed by atoms with Crippen molar-refractivity contribution < 1.29 is 22.4 Å². The van der Waals surface area contributed by atoms with Gasteiger partial charge in [0.25, 0.3) is 0 Å². The monoisotopic (exact) mass is 410 g/mol. The molecule has 1 heterocycles. The summed E-state index contributed by atoms with van der Waals surface area (Å²) in [4.78, 5) is 17.5. The van der Waals surface area contributed by atoms with E-state index in [0.717, 1.165) is 17.9 Å². The standard InChI is InChI=1S/C20H25F3N4O2/c1-14(15-6-4-7-16(12-15)20(21,22)23)26-19(25-13-18(28)27(2)3)24-10-9-17-8-5-11-29-17/h4-8,11-12,14H,9-10,13H2,1-3H3,(H2,24,25,26). The van der Waals surface area contributed by atoms with Gasteiger partial charge in [-0.2, -0.15) is 13.2 Å². The summed E-state index contributed by atoms with van der Waals surface area (Å²) in [5.74, 6) is 0.924. The lowest BCUT2D eigenvalue weighted by atomic mass is 10.1. The molecule has 0 bridgehead atoms. The van der Waals surface area contributed by atoms with E-state index in [0.29, 0.717) is 24.5 Å². The summed E-state index contributed by atoms with van der Waals surface area (Å²) in [7, 11) is 3.25. The number of likely N-dealkylation sites (N-methyl/N-ethyl adjacent to an activating group) is 1. The van der Waals surface area contributed by atoms with E-state index in [4.69, 9.17) is 4.42 Å². The SMILES string of the molecule is CC(NC(=NCC(=O)N(C)C)NCCc1ccco1)c1cccc(C(F)(F)F)c1. The van der Waals surface area contributed by atoms with Crippen LogP contribution in [0.15, 0.2) is 52.1 Å². The minimum Gasteiger partial charge on any atom is -0.469 e. The molecule has 1 unspecified atom stereocenters. The van der Waals surface area contributed by atoms with Gasteiger partial charge in [-0.3, -0.25) is 4.79 Å². The first-order valence-electron chi connectivity index (χ1n) is 9.11. The van der Waals surface area contributed by atoms with Crippen LogP contribution in [0.5, 0.6) is 0 Å². The lowest BCUT2D eigenvalue weighted by Crippen LogP contribution is -2.40. The van der Waals surface area contributed by atoms with E-state index in [1.165, 1.54) is 11.0 Å². The van der Waals surface area contributed by atoms with Crippen LogP contribution in [0.4, 0.5) is 13.2 Å². The van der Waals surface area contributed by atoms with Gasteiger partial charge in [0.05, 0.1) is 17.9 Å². The molecule has 6 nitrogen and oxygen atoms in total. The van der Waals surface area contributed by atoms with E-state index in [1.54, 1.807) is 39.4 Å². The largest absolute Gasteiger partial charge is 0.469 e. The Hall–Kier alpha value is -2.97. The Morgan fingerprint density at radius 1 is 1.24 bits per heavy atom. The van der Waals surface area contributed by atoms with Crippen molar-refractivity contribution in [2.75, 3.05) is 27.2 Å². The molecule has 2 aromatic rings. The van der Waals surface area contributed by atoms with Crippen LogP contribution in [0, 0.1) is 0 Å². The molecule has 0 aliphatic rings. The number of furan rings is 1. The molecule has 1 atom stereocenters. The van der Waals surface area contributed by atoms with Crippen LogP contribution < -0.4 is 10.6 Å². The predicted molar refractivity (Wildman–Crippen MR) is 104 cm³/mol. The van der Waals surface area contributed by atoms with Crippen molar-refractivity contribution in [2.45, 2.75) is 25.6 Å².